The maximum absolute atomic E-state index is 5.38. The van der Waals surface area contributed by atoms with E-state index in [0.29, 0.717) is 0 Å². The number of morpholine rings is 1. The minimum Gasteiger partial charge on any atom is -0.378 e. The number of halogens is 1. The van der Waals surface area contributed by atoms with Crippen LogP contribution < -0.4 is 10.2 Å². The first-order valence-corrected chi connectivity index (χ1v) is 7.88. The SMILES string of the molecule is Brc1ccc(NCc2ccc(N3CCOCC3)cc2)nc1. The molecule has 2 aromatic rings. The Labute approximate surface area is 133 Å². The first-order valence-electron chi connectivity index (χ1n) is 7.08. The zero-order chi connectivity index (χ0) is 14.5. The lowest BCUT2D eigenvalue weighted by Gasteiger charge is -2.28. The molecule has 3 rings (SSSR count). The minimum absolute atomic E-state index is 0.776. The number of rotatable bonds is 4. The molecule has 21 heavy (non-hydrogen) atoms. The molecule has 0 aliphatic carbocycles. The molecule has 1 saturated heterocycles. The van der Waals surface area contributed by atoms with E-state index in [9.17, 15) is 0 Å². The van der Waals surface area contributed by atoms with Crippen LogP contribution >= 0.6 is 15.9 Å². The number of ether oxygens (including phenoxy) is 1. The van der Waals surface area contributed by atoms with Gasteiger partial charge in [-0.1, -0.05) is 12.1 Å². The van der Waals surface area contributed by atoms with E-state index >= 15 is 0 Å². The summed E-state index contributed by atoms with van der Waals surface area (Å²) in [6.07, 6.45) is 1.80. The number of hydrogen-bond acceptors (Lipinski definition) is 4. The van der Waals surface area contributed by atoms with Crippen molar-refractivity contribution in [1.82, 2.24) is 4.98 Å². The van der Waals surface area contributed by atoms with Crippen molar-refractivity contribution >= 4 is 27.4 Å². The van der Waals surface area contributed by atoms with Crippen LogP contribution in [0.5, 0.6) is 0 Å². The highest BCUT2D eigenvalue weighted by Gasteiger charge is 2.10. The molecule has 1 aromatic heterocycles. The van der Waals surface area contributed by atoms with Gasteiger partial charge in [-0.05, 0) is 45.8 Å². The maximum Gasteiger partial charge on any atom is 0.126 e. The molecule has 0 atom stereocenters. The van der Waals surface area contributed by atoms with Gasteiger partial charge in [0.05, 0.1) is 13.2 Å². The molecular weight excluding hydrogens is 330 g/mol. The monoisotopic (exact) mass is 347 g/mol. The summed E-state index contributed by atoms with van der Waals surface area (Å²) in [5.74, 6) is 0.885. The van der Waals surface area contributed by atoms with Gasteiger partial charge in [0.2, 0.25) is 0 Å². The zero-order valence-corrected chi connectivity index (χ0v) is 13.3. The number of pyridine rings is 1. The van der Waals surface area contributed by atoms with Crippen molar-refractivity contribution < 1.29 is 4.74 Å². The molecule has 1 aromatic carbocycles. The van der Waals surface area contributed by atoms with Crippen molar-refractivity contribution in [3.63, 3.8) is 0 Å². The van der Waals surface area contributed by atoms with Crippen LogP contribution in [0.15, 0.2) is 47.1 Å². The molecule has 0 radical (unpaired) electrons. The third-order valence-electron chi connectivity index (χ3n) is 3.51. The molecule has 0 amide bonds. The van der Waals surface area contributed by atoms with Gasteiger partial charge in [0.15, 0.2) is 0 Å². The lowest BCUT2D eigenvalue weighted by atomic mass is 10.2. The van der Waals surface area contributed by atoms with E-state index < -0.39 is 0 Å². The Hall–Kier alpha value is -1.59. The Morgan fingerprint density at radius 3 is 2.52 bits per heavy atom. The lowest BCUT2D eigenvalue weighted by Crippen LogP contribution is -2.36. The molecular formula is C16H18BrN3O. The summed E-state index contributed by atoms with van der Waals surface area (Å²) in [6, 6.07) is 12.6. The standard InChI is InChI=1S/C16H18BrN3O/c17-14-3-6-16(19-12-14)18-11-13-1-4-15(5-2-13)20-7-9-21-10-8-20/h1-6,12H,7-11H2,(H,18,19). The van der Waals surface area contributed by atoms with Crippen molar-refractivity contribution in [2.45, 2.75) is 6.54 Å². The summed E-state index contributed by atoms with van der Waals surface area (Å²) in [4.78, 5) is 6.66. The zero-order valence-electron chi connectivity index (χ0n) is 11.8. The fourth-order valence-corrected chi connectivity index (χ4v) is 2.55. The van der Waals surface area contributed by atoms with Gasteiger partial charge in [0, 0.05) is 36.0 Å². The first-order chi connectivity index (χ1) is 10.3. The van der Waals surface area contributed by atoms with Crippen molar-refractivity contribution in [2.75, 3.05) is 36.5 Å². The number of benzene rings is 1. The molecule has 0 unspecified atom stereocenters. The predicted octanol–water partition coefficient (Wildman–Crippen LogP) is 3.29. The van der Waals surface area contributed by atoms with Gasteiger partial charge in [-0.25, -0.2) is 4.98 Å². The smallest absolute Gasteiger partial charge is 0.126 e. The number of hydrogen-bond donors (Lipinski definition) is 1. The van der Waals surface area contributed by atoms with E-state index in [0.717, 1.165) is 43.1 Å². The highest BCUT2D eigenvalue weighted by Crippen LogP contribution is 2.17. The molecule has 2 heterocycles. The van der Waals surface area contributed by atoms with E-state index in [1.165, 1.54) is 11.3 Å². The number of nitrogens with one attached hydrogen (secondary N) is 1. The summed E-state index contributed by atoms with van der Waals surface area (Å²) >= 11 is 3.38. The molecule has 4 nitrogen and oxygen atoms in total. The summed E-state index contributed by atoms with van der Waals surface area (Å²) < 4.78 is 6.37. The Morgan fingerprint density at radius 2 is 1.86 bits per heavy atom. The van der Waals surface area contributed by atoms with Gasteiger partial charge < -0.3 is 15.0 Å². The number of aromatic nitrogens is 1. The van der Waals surface area contributed by atoms with E-state index in [2.05, 4.69) is 55.4 Å². The third-order valence-corrected chi connectivity index (χ3v) is 3.98. The van der Waals surface area contributed by atoms with E-state index in [4.69, 9.17) is 4.74 Å². The molecule has 0 bridgehead atoms. The molecule has 1 aliphatic heterocycles. The number of nitrogens with zero attached hydrogens (tertiary/aromatic N) is 2. The highest BCUT2D eigenvalue weighted by atomic mass is 79.9. The minimum atomic E-state index is 0.776. The quantitative estimate of drug-likeness (QED) is 0.920. The van der Waals surface area contributed by atoms with Gasteiger partial charge in [-0.3, -0.25) is 0 Å². The van der Waals surface area contributed by atoms with Crippen LogP contribution in [0.2, 0.25) is 0 Å². The predicted molar refractivity (Wildman–Crippen MR) is 88.7 cm³/mol. The van der Waals surface area contributed by atoms with Crippen molar-refractivity contribution in [2.24, 2.45) is 0 Å². The summed E-state index contributed by atoms with van der Waals surface area (Å²) in [6.45, 7) is 4.36. The van der Waals surface area contributed by atoms with Crippen LogP contribution in [-0.2, 0) is 11.3 Å². The van der Waals surface area contributed by atoms with Crippen LogP contribution in [-0.4, -0.2) is 31.3 Å². The van der Waals surface area contributed by atoms with E-state index in [1.54, 1.807) is 6.20 Å². The van der Waals surface area contributed by atoms with Gasteiger partial charge in [-0.15, -0.1) is 0 Å². The Kier molecular flexibility index (Phi) is 4.72. The molecule has 1 N–H and O–H groups in total. The largest absolute Gasteiger partial charge is 0.378 e. The van der Waals surface area contributed by atoms with E-state index in [-0.39, 0.29) is 0 Å². The average Bonchev–Trinajstić information content (AvgIpc) is 2.56. The topological polar surface area (TPSA) is 37.4 Å². The Bertz CT molecular complexity index is 565. The highest BCUT2D eigenvalue weighted by molar-refractivity contribution is 9.10. The molecule has 110 valence electrons. The lowest BCUT2D eigenvalue weighted by molar-refractivity contribution is 0.122. The fourth-order valence-electron chi connectivity index (χ4n) is 2.32. The molecule has 1 fully saturated rings. The third kappa shape index (κ3) is 3.95. The second-order valence-corrected chi connectivity index (χ2v) is 5.90. The normalized spacial score (nSPS) is 15.0. The van der Waals surface area contributed by atoms with Crippen LogP contribution in [0.1, 0.15) is 5.56 Å². The van der Waals surface area contributed by atoms with Crippen LogP contribution in [0.3, 0.4) is 0 Å². The van der Waals surface area contributed by atoms with Crippen LogP contribution in [0, 0.1) is 0 Å². The molecule has 5 heteroatoms. The second kappa shape index (κ2) is 6.91. The van der Waals surface area contributed by atoms with Gasteiger partial charge in [-0.2, -0.15) is 0 Å². The summed E-state index contributed by atoms with van der Waals surface area (Å²) in [5, 5.41) is 3.32. The first kappa shape index (κ1) is 14.4. The maximum atomic E-state index is 5.38. The summed E-state index contributed by atoms with van der Waals surface area (Å²) in [5.41, 5.74) is 2.51. The number of anilines is 2. The fraction of sp³-hybridized carbons (Fsp3) is 0.312. The van der Waals surface area contributed by atoms with Gasteiger partial charge in [0.25, 0.3) is 0 Å². The van der Waals surface area contributed by atoms with Crippen LogP contribution in [0.25, 0.3) is 0 Å². The van der Waals surface area contributed by atoms with Crippen molar-refractivity contribution in [3.05, 3.63) is 52.6 Å². The van der Waals surface area contributed by atoms with Gasteiger partial charge >= 0.3 is 0 Å². The van der Waals surface area contributed by atoms with Crippen molar-refractivity contribution in [3.8, 4) is 0 Å². The summed E-state index contributed by atoms with van der Waals surface area (Å²) in [7, 11) is 0. The van der Waals surface area contributed by atoms with Gasteiger partial charge in [0.1, 0.15) is 5.82 Å². The molecule has 1 aliphatic rings. The Balaban J connectivity index is 1.57. The van der Waals surface area contributed by atoms with E-state index in [1.807, 2.05) is 12.1 Å². The Morgan fingerprint density at radius 1 is 1.10 bits per heavy atom. The van der Waals surface area contributed by atoms with Crippen molar-refractivity contribution in [1.29, 1.82) is 0 Å². The average molecular weight is 348 g/mol. The second-order valence-electron chi connectivity index (χ2n) is 4.98. The molecule has 0 saturated carbocycles. The van der Waals surface area contributed by atoms with Crippen LogP contribution in [0.4, 0.5) is 11.5 Å². The molecule has 0 spiro atoms.